The van der Waals surface area contributed by atoms with Crippen LogP contribution < -0.4 is 10.5 Å². The normalized spacial score (nSPS) is 19.1. The summed E-state index contributed by atoms with van der Waals surface area (Å²) in [5, 5.41) is 18.6. The van der Waals surface area contributed by atoms with Crippen LogP contribution in [-0.2, 0) is 29.4 Å². The van der Waals surface area contributed by atoms with Gasteiger partial charge in [-0.05, 0) is 62.1 Å². The molecule has 2 heterocycles. The van der Waals surface area contributed by atoms with Gasteiger partial charge in [0.2, 0.25) is 10.0 Å². The first-order chi connectivity index (χ1) is 16.7. The van der Waals surface area contributed by atoms with Gasteiger partial charge in [-0.25, -0.2) is 23.5 Å². The Morgan fingerprint density at radius 1 is 1.11 bits per heavy atom. The van der Waals surface area contributed by atoms with Crippen LogP contribution in [-0.4, -0.2) is 53.6 Å². The van der Waals surface area contributed by atoms with Gasteiger partial charge in [0.15, 0.2) is 0 Å². The van der Waals surface area contributed by atoms with E-state index in [-0.39, 0.29) is 10.6 Å². The van der Waals surface area contributed by atoms with E-state index in [0.29, 0.717) is 24.9 Å². The lowest BCUT2D eigenvalue weighted by molar-refractivity contribution is 0.139. The second-order valence-corrected chi connectivity index (χ2v) is 10.9. The lowest BCUT2D eigenvalue weighted by Gasteiger charge is -2.37. The summed E-state index contributed by atoms with van der Waals surface area (Å²) in [6.07, 6.45) is 3.87. The van der Waals surface area contributed by atoms with Crippen LogP contribution in [0.2, 0.25) is 0 Å². The molecule has 0 unspecified atom stereocenters. The first-order valence-corrected chi connectivity index (χ1v) is 13.5. The van der Waals surface area contributed by atoms with Crippen LogP contribution >= 0.6 is 0 Å². The molecule has 0 spiro atoms. The molecule has 9 heteroatoms. The van der Waals surface area contributed by atoms with E-state index < -0.39 is 10.0 Å². The molecular weight excluding hydrogens is 462 g/mol. The highest BCUT2D eigenvalue weighted by atomic mass is 32.2. The van der Waals surface area contributed by atoms with Crippen molar-refractivity contribution in [1.29, 1.82) is 0 Å². The van der Waals surface area contributed by atoms with E-state index in [1.807, 2.05) is 6.07 Å². The van der Waals surface area contributed by atoms with Gasteiger partial charge in [0.1, 0.15) is 16.5 Å². The van der Waals surface area contributed by atoms with Crippen molar-refractivity contribution in [3.8, 4) is 17.0 Å². The van der Waals surface area contributed by atoms with Crippen molar-refractivity contribution in [2.75, 3.05) is 13.1 Å². The number of phenolic OH excluding ortho intramolecular Hbond substituents is 1. The molecule has 0 radical (unpaired) electrons. The fourth-order valence-electron chi connectivity index (χ4n) is 4.47. The highest BCUT2D eigenvalue weighted by Gasteiger charge is 2.22. The number of nitrogens with one attached hydrogen (secondary N) is 1. The van der Waals surface area contributed by atoms with Crippen molar-refractivity contribution in [2.45, 2.75) is 56.6 Å². The van der Waals surface area contributed by atoms with Crippen molar-refractivity contribution >= 4 is 10.0 Å². The Morgan fingerprint density at radius 3 is 2.71 bits per heavy atom. The molecule has 1 aromatic heterocycles. The van der Waals surface area contributed by atoms with E-state index in [2.05, 4.69) is 53.3 Å². The van der Waals surface area contributed by atoms with Crippen molar-refractivity contribution < 1.29 is 13.5 Å². The van der Waals surface area contributed by atoms with Crippen molar-refractivity contribution in [2.24, 2.45) is 5.14 Å². The standard InChI is InChI=1S/C26H33N5O3S/c1-18-16-31(19(2)15-29-18)17-21-6-3-7-22(13-21)23-11-12-28-26(30-23)8-4-5-20-9-10-25(24(32)14-20)35(27,33)34/h3,6-7,9-14,18-19,29,32H,4-5,8,15-17H2,1-2H3,(H2,27,33,34)/t18-,19-/m0/s1. The summed E-state index contributed by atoms with van der Waals surface area (Å²) < 4.78 is 22.9. The summed E-state index contributed by atoms with van der Waals surface area (Å²) in [6, 6.07) is 15.9. The van der Waals surface area contributed by atoms with Gasteiger partial charge in [-0.3, -0.25) is 4.90 Å². The number of aromatic hydroxyl groups is 1. The maximum absolute atomic E-state index is 11.5. The number of aromatic nitrogens is 2. The lowest BCUT2D eigenvalue weighted by Crippen LogP contribution is -2.53. The quantitative estimate of drug-likeness (QED) is 0.439. The molecule has 2 aromatic carbocycles. The van der Waals surface area contributed by atoms with E-state index >= 15 is 0 Å². The molecule has 0 aliphatic carbocycles. The Kier molecular flexibility index (Phi) is 7.81. The molecule has 4 rings (SSSR count). The summed E-state index contributed by atoms with van der Waals surface area (Å²) in [6.45, 7) is 7.43. The Bertz CT molecular complexity index is 1280. The zero-order chi connectivity index (χ0) is 25.0. The SMILES string of the molecule is C[C@H]1CN(Cc2cccc(-c3ccnc(CCCc4ccc(S(N)(=O)=O)c(O)c4)n3)c2)[C@@H](C)CN1. The molecule has 1 saturated heterocycles. The molecular formula is C26H33N5O3S. The average molecular weight is 496 g/mol. The van der Waals surface area contributed by atoms with Crippen LogP contribution in [0.1, 0.15) is 37.2 Å². The molecule has 1 aliphatic rings. The third kappa shape index (κ3) is 6.64. The fourth-order valence-corrected chi connectivity index (χ4v) is 5.08. The number of nitrogens with zero attached hydrogens (tertiary/aromatic N) is 3. The number of aryl methyl sites for hydroxylation is 2. The predicted octanol–water partition coefficient (Wildman–Crippen LogP) is 2.85. The number of benzene rings is 2. The van der Waals surface area contributed by atoms with Crippen molar-refractivity contribution in [1.82, 2.24) is 20.2 Å². The third-order valence-electron chi connectivity index (χ3n) is 6.40. The van der Waals surface area contributed by atoms with Crippen LogP contribution in [0.5, 0.6) is 5.75 Å². The minimum Gasteiger partial charge on any atom is -0.507 e. The minimum absolute atomic E-state index is 0.263. The molecule has 0 amide bonds. The molecule has 2 atom stereocenters. The van der Waals surface area contributed by atoms with Gasteiger partial charge in [0, 0.05) is 49.9 Å². The van der Waals surface area contributed by atoms with Crippen LogP contribution in [0.3, 0.4) is 0 Å². The number of primary sulfonamides is 1. The number of hydrogen-bond donors (Lipinski definition) is 3. The Balaban J connectivity index is 1.39. The number of sulfonamides is 1. The Morgan fingerprint density at radius 2 is 1.94 bits per heavy atom. The van der Waals surface area contributed by atoms with Crippen LogP contribution in [0.25, 0.3) is 11.3 Å². The molecule has 8 nitrogen and oxygen atoms in total. The lowest BCUT2D eigenvalue weighted by atomic mass is 10.0. The first-order valence-electron chi connectivity index (χ1n) is 11.9. The van der Waals surface area contributed by atoms with Crippen molar-refractivity contribution in [3.05, 3.63) is 71.7 Å². The Hall–Kier alpha value is -2.85. The third-order valence-corrected chi connectivity index (χ3v) is 7.36. The molecule has 3 aromatic rings. The van der Waals surface area contributed by atoms with E-state index in [0.717, 1.165) is 48.7 Å². The van der Waals surface area contributed by atoms with Gasteiger partial charge in [-0.2, -0.15) is 0 Å². The maximum atomic E-state index is 11.5. The second kappa shape index (κ2) is 10.8. The summed E-state index contributed by atoms with van der Waals surface area (Å²) >= 11 is 0. The monoisotopic (exact) mass is 495 g/mol. The van der Waals surface area contributed by atoms with Gasteiger partial charge in [-0.15, -0.1) is 0 Å². The summed E-state index contributed by atoms with van der Waals surface area (Å²) in [4.78, 5) is 11.4. The van der Waals surface area contributed by atoms with Crippen LogP contribution in [0.15, 0.2) is 59.6 Å². The van der Waals surface area contributed by atoms with Crippen molar-refractivity contribution in [3.63, 3.8) is 0 Å². The largest absolute Gasteiger partial charge is 0.507 e. The second-order valence-electron chi connectivity index (χ2n) is 9.35. The Labute approximate surface area is 207 Å². The predicted molar refractivity (Wildman–Crippen MR) is 136 cm³/mol. The zero-order valence-corrected chi connectivity index (χ0v) is 21.0. The average Bonchev–Trinajstić information content (AvgIpc) is 2.81. The van der Waals surface area contributed by atoms with Gasteiger partial charge in [-0.1, -0.05) is 24.3 Å². The van der Waals surface area contributed by atoms with E-state index in [9.17, 15) is 13.5 Å². The molecule has 4 N–H and O–H groups in total. The maximum Gasteiger partial charge on any atom is 0.241 e. The molecule has 0 saturated carbocycles. The van der Waals surface area contributed by atoms with E-state index in [4.69, 9.17) is 10.1 Å². The molecule has 186 valence electrons. The molecule has 0 bridgehead atoms. The van der Waals surface area contributed by atoms with Gasteiger partial charge < -0.3 is 10.4 Å². The van der Waals surface area contributed by atoms with E-state index in [1.54, 1.807) is 12.3 Å². The molecule has 1 fully saturated rings. The number of nitrogens with two attached hydrogens (primary N) is 1. The van der Waals surface area contributed by atoms with E-state index in [1.165, 1.54) is 17.7 Å². The zero-order valence-electron chi connectivity index (χ0n) is 20.2. The van der Waals surface area contributed by atoms with Gasteiger partial charge >= 0.3 is 0 Å². The highest BCUT2D eigenvalue weighted by molar-refractivity contribution is 7.89. The van der Waals surface area contributed by atoms with Gasteiger partial charge in [0.05, 0.1) is 5.69 Å². The smallest absolute Gasteiger partial charge is 0.241 e. The van der Waals surface area contributed by atoms with Crippen LogP contribution in [0.4, 0.5) is 0 Å². The summed E-state index contributed by atoms with van der Waals surface area (Å²) in [7, 11) is -3.94. The fraction of sp³-hybridized carbons (Fsp3) is 0.385. The first kappa shape index (κ1) is 25.2. The van der Waals surface area contributed by atoms with Gasteiger partial charge in [0.25, 0.3) is 0 Å². The topological polar surface area (TPSA) is 121 Å². The number of piperazine rings is 1. The number of rotatable bonds is 8. The minimum atomic E-state index is -3.94. The number of hydrogen-bond acceptors (Lipinski definition) is 7. The highest BCUT2D eigenvalue weighted by Crippen LogP contribution is 2.24. The summed E-state index contributed by atoms with van der Waals surface area (Å²) in [5.74, 6) is 0.427. The number of phenols is 1. The van der Waals surface area contributed by atoms with Crippen LogP contribution in [0, 0.1) is 0 Å². The summed E-state index contributed by atoms with van der Waals surface area (Å²) in [5.41, 5.74) is 4.07. The molecule has 1 aliphatic heterocycles. The molecule has 35 heavy (non-hydrogen) atoms.